The van der Waals surface area contributed by atoms with Gasteiger partial charge >= 0.3 is 0 Å². The summed E-state index contributed by atoms with van der Waals surface area (Å²) in [6.07, 6.45) is 1.11. The second kappa shape index (κ2) is 5.18. The highest BCUT2D eigenvalue weighted by Gasteiger charge is 2.08. The van der Waals surface area contributed by atoms with Crippen LogP contribution in [0.1, 0.15) is 15.9 Å². The molecule has 0 saturated carbocycles. The third-order valence-electron chi connectivity index (χ3n) is 2.22. The molecule has 0 aliphatic heterocycles. The molecule has 0 aliphatic rings. The highest BCUT2D eigenvalue weighted by molar-refractivity contribution is 7.90. The summed E-state index contributed by atoms with van der Waals surface area (Å²) in [4.78, 5) is 11.6. The maximum absolute atomic E-state index is 11.6. The summed E-state index contributed by atoms with van der Waals surface area (Å²) in [5, 5.41) is 11.8. The van der Waals surface area contributed by atoms with Crippen molar-refractivity contribution in [3.63, 3.8) is 0 Å². The smallest absolute Gasteiger partial charge is 0.251 e. The highest BCUT2D eigenvalue weighted by atomic mass is 32.2. The van der Waals surface area contributed by atoms with Crippen LogP contribution in [0, 0.1) is 6.92 Å². The van der Waals surface area contributed by atoms with Crippen molar-refractivity contribution in [2.24, 2.45) is 0 Å². The summed E-state index contributed by atoms with van der Waals surface area (Å²) in [7, 11) is -3.07. The van der Waals surface area contributed by atoms with E-state index in [9.17, 15) is 18.3 Å². The second-order valence-corrected chi connectivity index (χ2v) is 6.15. The molecule has 0 heterocycles. The van der Waals surface area contributed by atoms with Gasteiger partial charge in [0.1, 0.15) is 15.6 Å². The summed E-state index contributed by atoms with van der Waals surface area (Å²) >= 11 is 0. The van der Waals surface area contributed by atoms with Crippen LogP contribution in [0.2, 0.25) is 0 Å². The number of aryl methyl sites for hydroxylation is 1. The van der Waals surface area contributed by atoms with Gasteiger partial charge in [-0.1, -0.05) is 0 Å². The number of amides is 1. The maximum Gasteiger partial charge on any atom is 0.251 e. The Morgan fingerprint density at radius 3 is 2.59 bits per heavy atom. The van der Waals surface area contributed by atoms with Crippen LogP contribution in [-0.4, -0.2) is 38.0 Å². The Balaban J connectivity index is 2.61. The van der Waals surface area contributed by atoms with Crippen molar-refractivity contribution in [2.75, 3.05) is 18.6 Å². The fourth-order valence-corrected chi connectivity index (χ4v) is 1.72. The minimum absolute atomic E-state index is 0.0809. The molecule has 94 valence electrons. The molecule has 1 rings (SSSR count). The van der Waals surface area contributed by atoms with E-state index in [2.05, 4.69) is 5.32 Å². The first kappa shape index (κ1) is 13.5. The molecule has 0 aliphatic carbocycles. The minimum atomic E-state index is -3.07. The Kier molecular flexibility index (Phi) is 4.11. The molecule has 2 N–H and O–H groups in total. The molecular weight excluding hydrogens is 242 g/mol. The molecule has 1 aromatic carbocycles. The maximum atomic E-state index is 11.6. The average molecular weight is 257 g/mol. The van der Waals surface area contributed by atoms with Gasteiger partial charge in [0.2, 0.25) is 0 Å². The van der Waals surface area contributed by atoms with Crippen LogP contribution in [0.25, 0.3) is 0 Å². The van der Waals surface area contributed by atoms with E-state index < -0.39 is 9.84 Å². The lowest BCUT2D eigenvalue weighted by molar-refractivity contribution is 0.0956. The van der Waals surface area contributed by atoms with E-state index in [1.165, 1.54) is 12.1 Å². The first-order valence-electron chi connectivity index (χ1n) is 5.05. The van der Waals surface area contributed by atoms with Crippen LogP contribution in [0.5, 0.6) is 5.75 Å². The number of nitrogens with one attached hydrogen (secondary N) is 1. The normalized spacial score (nSPS) is 11.2. The summed E-state index contributed by atoms with van der Waals surface area (Å²) in [6.45, 7) is 1.76. The van der Waals surface area contributed by atoms with E-state index in [-0.39, 0.29) is 24.0 Å². The zero-order valence-electron chi connectivity index (χ0n) is 9.73. The number of hydrogen-bond acceptors (Lipinski definition) is 4. The number of phenolic OH excluding ortho intramolecular Hbond substituents is 1. The highest BCUT2D eigenvalue weighted by Crippen LogP contribution is 2.16. The molecule has 17 heavy (non-hydrogen) atoms. The van der Waals surface area contributed by atoms with Crippen molar-refractivity contribution in [1.29, 1.82) is 0 Å². The van der Waals surface area contributed by atoms with E-state index in [0.29, 0.717) is 11.1 Å². The molecule has 0 unspecified atom stereocenters. The average Bonchev–Trinajstić information content (AvgIpc) is 2.20. The molecule has 1 amide bonds. The van der Waals surface area contributed by atoms with Gasteiger partial charge in [0.15, 0.2) is 0 Å². The molecule has 0 radical (unpaired) electrons. The van der Waals surface area contributed by atoms with Crippen molar-refractivity contribution < 1.29 is 18.3 Å². The van der Waals surface area contributed by atoms with Crippen molar-refractivity contribution >= 4 is 15.7 Å². The van der Waals surface area contributed by atoms with Crippen molar-refractivity contribution in [2.45, 2.75) is 6.92 Å². The Morgan fingerprint density at radius 2 is 2.06 bits per heavy atom. The quantitative estimate of drug-likeness (QED) is 0.821. The van der Waals surface area contributed by atoms with Gasteiger partial charge in [-0.25, -0.2) is 8.42 Å². The predicted octanol–water partition coefficient (Wildman–Crippen LogP) is 0.475. The number of carbonyl (C=O) groups excluding carboxylic acids is 1. The lowest BCUT2D eigenvalue weighted by Gasteiger charge is -2.06. The van der Waals surface area contributed by atoms with Crippen molar-refractivity contribution in [3.05, 3.63) is 29.3 Å². The topological polar surface area (TPSA) is 83.5 Å². The monoisotopic (exact) mass is 257 g/mol. The van der Waals surface area contributed by atoms with Gasteiger partial charge in [-0.3, -0.25) is 4.79 Å². The molecule has 0 fully saturated rings. The van der Waals surface area contributed by atoms with Crippen LogP contribution in [-0.2, 0) is 9.84 Å². The second-order valence-electron chi connectivity index (χ2n) is 3.89. The van der Waals surface area contributed by atoms with Crippen LogP contribution in [0.4, 0.5) is 0 Å². The third-order valence-corrected chi connectivity index (χ3v) is 3.16. The van der Waals surface area contributed by atoms with Crippen LogP contribution < -0.4 is 5.32 Å². The zero-order valence-corrected chi connectivity index (χ0v) is 10.5. The lowest BCUT2D eigenvalue weighted by atomic mass is 10.1. The fourth-order valence-electron chi connectivity index (χ4n) is 1.25. The van der Waals surface area contributed by atoms with Gasteiger partial charge in [0, 0.05) is 18.4 Å². The van der Waals surface area contributed by atoms with Crippen LogP contribution in [0.15, 0.2) is 18.2 Å². The molecule has 0 spiro atoms. The number of hydrogen-bond donors (Lipinski definition) is 2. The number of phenols is 1. The molecule has 6 heteroatoms. The Morgan fingerprint density at radius 1 is 1.41 bits per heavy atom. The standard InChI is InChI=1S/C11H15NO4S/c1-8-7-9(3-4-10(8)13)11(14)12-5-6-17(2,15)16/h3-4,7,13H,5-6H2,1-2H3,(H,12,14). The zero-order chi connectivity index (χ0) is 13.1. The number of rotatable bonds is 4. The molecule has 5 nitrogen and oxygen atoms in total. The minimum Gasteiger partial charge on any atom is -0.508 e. The Hall–Kier alpha value is -1.56. The summed E-state index contributed by atoms with van der Waals surface area (Å²) < 4.78 is 21.7. The molecule has 1 aromatic rings. The van der Waals surface area contributed by atoms with E-state index in [1.54, 1.807) is 13.0 Å². The first-order valence-corrected chi connectivity index (χ1v) is 7.11. The van der Waals surface area contributed by atoms with Gasteiger partial charge < -0.3 is 10.4 Å². The number of sulfone groups is 1. The van der Waals surface area contributed by atoms with Gasteiger partial charge in [-0.15, -0.1) is 0 Å². The largest absolute Gasteiger partial charge is 0.508 e. The van der Waals surface area contributed by atoms with Crippen LogP contribution in [0.3, 0.4) is 0 Å². The lowest BCUT2D eigenvalue weighted by Crippen LogP contribution is -2.28. The molecule has 0 bridgehead atoms. The van der Waals surface area contributed by atoms with E-state index >= 15 is 0 Å². The molecule has 0 atom stereocenters. The van der Waals surface area contributed by atoms with Crippen LogP contribution >= 0.6 is 0 Å². The van der Waals surface area contributed by atoms with Gasteiger partial charge in [-0.2, -0.15) is 0 Å². The summed E-state index contributed by atoms with van der Waals surface area (Å²) in [5.41, 5.74) is 0.995. The predicted molar refractivity (Wildman–Crippen MR) is 64.9 cm³/mol. The van der Waals surface area contributed by atoms with Gasteiger partial charge in [0.25, 0.3) is 5.91 Å². The third kappa shape index (κ3) is 4.44. The van der Waals surface area contributed by atoms with Gasteiger partial charge in [0.05, 0.1) is 5.75 Å². The van der Waals surface area contributed by atoms with E-state index in [4.69, 9.17) is 0 Å². The molecular formula is C11H15NO4S. The fraction of sp³-hybridized carbons (Fsp3) is 0.364. The Labute approximate surface area is 100 Å². The molecule has 0 aromatic heterocycles. The SMILES string of the molecule is Cc1cc(C(=O)NCCS(C)(=O)=O)ccc1O. The van der Waals surface area contributed by atoms with Crippen molar-refractivity contribution in [3.8, 4) is 5.75 Å². The molecule has 0 saturated heterocycles. The number of benzene rings is 1. The first-order chi connectivity index (χ1) is 7.79. The van der Waals surface area contributed by atoms with Crippen molar-refractivity contribution in [1.82, 2.24) is 5.32 Å². The number of aromatic hydroxyl groups is 1. The van der Waals surface area contributed by atoms with E-state index in [0.717, 1.165) is 6.26 Å². The van der Waals surface area contributed by atoms with E-state index in [1.807, 2.05) is 0 Å². The van der Waals surface area contributed by atoms with Gasteiger partial charge in [-0.05, 0) is 30.7 Å². The summed E-state index contributed by atoms with van der Waals surface area (Å²) in [5.74, 6) is -0.315. The summed E-state index contributed by atoms with van der Waals surface area (Å²) in [6, 6.07) is 4.46. The Bertz CT molecular complexity index is 522. The number of carbonyl (C=O) groups is 1.